The molecule has 1 radical (unpaired) electrons. The third-order valence-corrected chi connectivity index (χ3v) is 2.21. The van der Waals surface area contributed by atoms with Crippen LogP contribution >= 0.6 is 0 Å². The zero-order valence-corrected chi connectivity index (χ0v) is 7.03. The molecule has 1 saturated heterocycles. The van der Waals surface area contributed by atoms with Gasteiger partial charge in [0.25, 0.3) is 0 Å². The van der Waals surface area contributed by atoms with Crippen LogP contribution in [0.2, 0.25) is 0 Å². The van der Waals surface area contributed by atoms with Crippen LogP contribution in [-0.4, -0.2) is 13.1 Å². The molecule has 0 spiro atoms. The summed E-state index contributed by atoms with van der Waals surface area (Å²) in [6.45, 7) is 2.22. The summed E-state index contributed by atoms with van der Waals surface area (Å²) in [6.07, 6.45) is 3.50. The molecule has 0 aliphatic carbocycles. The van der Waals surface area contributed by atoms with Crippen LogP contribution in [0.25, 0.3) is 0 Å². The Hall–Kier alpha value is -1.18. The maximum absolute atomic E-state index is 5.60. The predicted octanol–water partition coefficient (Wildman–Crippen LogP) is 1.68. The lowest BCUT2D eigenvalue weighted by molar-refractivity contribution is 0.968. The van der Waals surface area contributed by atoms with E-state index in [2.05, 4.69) is 23.5 Å². The van der Waals surface area contributed by atoms with Gasteiger partial charge in [-0.05, 0) is 37.1 Å². The lowest BCUT2D eigenvalue weighted by atomic mass is 10.2. The first-order valence-electron chi connectivity index (χ1n) is 4.28. The molecule has 0 aromatic heterocycles. The first-order chi connectivity index (χ1) is 5.86. The van der Waals surface area contributed by atoms with Crippen molar-refractivity contribution >= 4 is 11.4 Å². The molecule has 63 valence electrons. The SMILES string of the molecule is Nc1ccc(N2C[CH]CC2)cc1. The van der Waals surface area contributed by atoms with Gasteiger partial charge >= 0.3 is 0 Å². The highest BCUT2D eigenvalue weighted by molar-refractivity contribution is 5.53. The number of nitrogen functional groups attached to an aromatic ring is 1. The average Bonchev–Trinajstić information content (AvgIpc) is 2.58. The zero-order valence-electron chi connectivity index (χ0n) is 7.03. The van der Waals surface area contributed by atoms with Crippen molar-refractivity contribution in [3.05, 3.63) is 30.7 Å². The van der Waals surface area contributed by atoms with Crippen molar-refractivity contribution in [2.24, 2.45) is 0 Å². The van der Waals surface area contributed by atoms with Gasteiger partial charge < -0.3 is 10.6 Å². The fourth-order valence-electron chi connectivity index (χ4n) is 1.51. The highest BCUT2D eigenvalue weighted by Crippen LogP contribution is 2.20. The van der Waals surface area contributed by atoms with Gasteiger partial charge in [0.2, 0.25) is 0 Å². The van der Waals surface area contributed by atoms with Crippen molar-refractivity contribution in [1.29, 1.82) is 0 Å². The second-order valence-corrected chi connectivity index (χ2v) is 3.11. The van der Waals surface area contributed by atoms with E-state index in [0.29, 0.717) is 0 Å². The molecule has 0 unspecified atom stereocenters. The molecule has 1 aliphatic rings. The monoisotopic (exact) mass is 161 g/mol. The number of rotatable bonds is 1. The third-order valence-electron chi connectivity index (χ3n) is 2.21. The molecular formula is C10H13N2. The zero-order chi connectivity index (χ0) is 8.39. The van der Waals surface area contributed by atoms with Crippen LogP contribution in [0.4, 0.5) is 11.4 Å². The van der Waals surface area contributed by atoms with Gasteiger partial charge in [0, 0.05) is 24.5 Å². The van der Waals surface area contributed by atoms with Gasteiger partial charge in [-0.2, -0.15) is 0 Å². The summed E-state index contributed by atoms with van der Waals surface area (Å²) in [5.74, 6) is 0. The fraction of sp³-hybridized carbons (Fsp3) is 0.300. The topological polar surface area (TPSA) is 29.3 Å². The smallest absolute Gasteiger partial charge is 0.0367 e. The Kier molecular flexibility index (Phi) is 1.90. The lowest BCUT2D eigenvalue weighted by Gasteiger charge is -2.17. The maximum atomic E-state index is 5.60. The molecule has 2 heteroatoms. The molecule has 1 heterocycles. The van der Waals surface area contributed by atoms with Crippen LogP contribution < -0.4 is 10.6 Å². The first kappa shape index (κ1) is 7.47. The summed E-state index contributed by atoms with van der Waals surface area (Å²) in [4.78, 5) is 2.35. The van der Waals surface area contributed by atoms with Gasteiger partial charge in [0.1, 0.15) is 0 Å². The first-order valence-corrected chi connectivity index (χ1v) is 4.28. The highest BCUT2D eigenvalue weighted by Gasteiger charge is 2.11. The second-order valence-electron chi connectivity index (χ2n) is 3.11. The van der Waals surface area contributed by atoms with E-state index in [1.54, 1.807) is 0 Å². The summed E-state index contributed by atoms with van der Waals surface area (Å²) in [6, 6.07) is 8.06. The molecule has 1 aromatic carbocycles. The van der Waals surface area contributed by atoms with E-state index < -0.39 is 0 Å². The number of hydrogen-bond donors (Lipinski definition) is 1. The molecule has 1 fully saturated rings. The van der Waals surface area contributed by atoms with E-state index in [1.807, 2.05) is 12.1 Å². The molecule has 0 saturated carbocycles. The van der Waals surface area contributed by atoms with Gasteiger partial charge in [-0.3, -0.25) is 0 Å². The minimum Gasteiger partial charge on any atom is -0.399 e. The number of hydrogen-bond acceptors (Lipinski definition) is 2. The molecular weight excluding hydrogens is 148 g/mol. The minimum atomic E-state index is 0.835. The average molecular weight is 161 g/mol. The van der Waals surface area contributed by atoms with E-state index in [9.17, 15) is 0 Å². The van der Waals surface area contributed by atoms with Crippen LogP contribution in [0, 0.1) is 6.42 Å². The minimum absolute atomic E-state index is 0.835. The number of nitrogens with zero attached hydrogens (tertiary/aromatic N) is 1. The molecule has 12 heavy (non-hydrogen) atoms. The van der Waals surface area contributed by atoms with E-state index in [0.717, 1.165) is 18.8 Å². The molecule has 0 bridgehead atoms. The van der Waals surface area contributed by atoms with Gasteiger partial charge in [0.15, 0.2) is 0 Å². The Bertz CT molecular complexity index is 247. The molecule has 1 aliphatic heterocycles. The van der Waals surface area contributed by atoms with Crippen molar-refractivity contribution < 1.29 is 0 Å². The van der Waals surface area contributed by atoms with Gasteiger partial charge in [-0.25, -0.2) is 0 Å². The Morgan fingerprint density at radius 3 is 2.50 bits per heavy atom. The van der Waals surface area contributed by atoms with Crippen LogP contribution in [0.15, 0.2) is 24.3 Å². The van der Waals surface area contributed by atoms with E-state index in [1.165, 1.54) is 12.1 Å². The summed E-state index contributed by atoms with van der Waals surface area (Å²) < 4.78 is 0. The Morgan fingerprint density at radius 2 is 1.92 bits per heavy atom. The van der Waals surface area contributed by atoms with Crippen molar-refractivity contribution in [3.63, 3.8) is 0 Å². The van der Waals surface area contributed by atoms with E-state index >= 15 is 0 Å². The van der Waals surface area contributed by atoms with Crippen molar-refractivity contribution in [1.82, 2.24) is 0 Å². The molecule has 1 aromatic rings. The number of anilines is 2. The molecule has 2 N–H and O–H groups in total. The van der Waals surface area contributed by atoms with Crippen LogP contribution in [0.1, 0.15) is 6.42 Å². The van der Waals surface area contributed by atoms with Crippen LogP contribution in [0.5, 0.6) is 0 Å². The molecule has 0 amide bonds. The summed E-state index contributed by atoms with van der Waals surface area (Å²) >= 11 is 0. The Balaban J connectivity index is 2.17. The number of benzene rings is 1. The fourth-order valence-corrected chi connectivity index (χ4v) is 1.51. The molecule has 2 nitrogen and oxygen atoms in total. The largest absolute Gasteiger partial charge is 0.399 e. The third kappa shape index (κ3) is 1.37. The van der Waals surface area contributed by atoms with Crippen LogP contribution in [-0.2, 0) is 0 Å². The predicted molar refractivity (Wildman–Crippen MR) is 52.0 cm³/mol. The summed E-state index contributed by atoms with van der Waals surface area (Å²) in [5.41, 5.74) is 7.71. The normalized spacial score (nSPS) is 16.8. The van der Waals surface area contributed by atoms with Crippen molar-refractivity contribution in [2.45, 2.75) is 6.42 Å². The number of nitrogens with two attached hydrogens (primary N) is 1. The lowest BCUT2D eigenvalue weighted by Crippen LogP contribution is -2.17. The molecule has 2 rings (SSSR count). The highest BCUT2D eigenvalue weighted by atomic mass is 15.1. The van der Waals surface area contributed by atoms with E-state index in [4.69, 9.17) is 5.73 Å². The standard InChI is InChI=1S/C10H13N2/c11-9-3-5-10(6-4-9)12-7-1-2-8-12/h1,3-6H,2,7-8,11H2. The quantitative estimate of drug-likeness (QED) is 0.635. The van der Waals surface area contributed by atoms with E-state index in [-0.39, 0.29) is 0 Å². The second kappa shape index (κ2) is 3.05. The van der Waals surface area contributed by atoms with Gasteiger partial charge in [-0.1, -0.05) is 0 Å². The Labute approximate surface area is 73.0 Å². The van der Waals surface area contributed by atoms with Crippen LogP contribution in [0.3, 0.4) is 0 Å². The summed E-state index contributed by atoms with van der Waals surface area (Å²) in [5, 5.41) is 0. The van der Waals surface area contributed by atoms with Gasteiger partial charge in [0.05, 0.1) is 0 Å². The van der Waals surface area contributed by atoms with Crippen molar-refractivity contribution in [3.8, 4) is 0 Å². The van der Waals surface area contributed by atoms with Gasteiger partial charge in [-0.15, -0.1) is 0 Å². The maximum Gasteiger partial charge on any atom is 0.0367 e. The summed E-state index contributed by atoms with van der Waals surface area (Å²) in [7, 11) is 0. The molecule has 0 atom stereocenters. The Morgan fingerprint density at radius 1 is 1.17 bits per heavy atom. The van der Waals surface area contributed by atoms with Crippen molar-refractivity contribution in [2.75, 3.05) is 23.7 Å².